The Kier molecular flexibility index (Phi) is 3.43. The van der Waals surface area contributed by atoms with Gasteiger partial charge in [0.1, 0.15) is 0 Å². The fourth-order valence-corrected chi connectivity index (χ4v) is 1.77. The van der Waals surface area contributed by atoms with Crippen molar-refractivity contribution in [2.45, 2.75) is 12.8 Å². The number of carbonyl (C=O) groups excluding carboxylic acids is 1. The molecule has 1 aromatic carbocycles. The summed E-state index contributed by atoms with van der Waals surface area (Å²) in [6.45, 7) is 0.566. The van der Waals surface area contributed by atoms with Crippen molar-refractivity contribution in [3.8, 4) is 11.5 Å². The van der Waals surface area contributed by atoms with Gasteiger partial charge in [-0.2, -0.15) is 0 Å². The van der Waals surface area contributed by atoms with Gasteiger partial charge in [0.25, 0.3) is 5.91 Å². The summed E-state index contributed by atoms with van der Waals surface area (Å²) in [5.74, 6) is 0.0155. The van der Waals surface area contributed by atoms with Crippen LogP contribution in [-0.2, 0) is 0 Å². The SMILES string of the molecule is COc1ccc(C(=O)NCC2(CO)CC2)cc1O. The number of methoxy groups -OCH3 is 1. The fourth-order valence-electron chi connectivity index (χ4n) is 1.77. The van der Waals surface area contributed by atoms with Crippen LogP contribution in [0.4, 0.5) is 0 Å². The molecule has 1 aromatic rings. The number of aliphatic hydroxyl groups excluding tert-OH is 1. The summed E-state index contributed by atoms with van der Waals surface area (Å²) >= 11 is 0. The van der Waals surface area contributed by atoms with Gasteiger partial charge < -0.3 is 20.3 Å². The maximum Gasteiger partial charge on any atom is 0.251 e. The third-order valence-electron chi connectivity index (χ3n) is 3.36. The van der Waals surface area contributed by atoms with Crippen molar-refractivity contribution in [2.24, 2.45) is 5.41 Å². The second-order valence-corrected chi connectivity index (χ2v) is 4.73. The molecule has 0 radical (unpaired) electrons. The Morgan fingerprint density at radius 3 is 2.72 bits per heavy atom. The average molecular weight is 251 g/mol. The van der Waals surface area contributed by atoms with Crippen LogP contribution in [-0.4, -0.2) is 36.4 Å². The molecule has 0 saturated heterocycles. The molecule has 0 unspecified atom stereocenters. The number of carbonyl (C=O) groups is 1. The molecule has 0 bridgehead atoms. The number of phenols is 1. The third kappa shape index (κ3) is 2.56. The summed E-state index contributed by atoms with van der Waals surface area (Å²) in [7, 11) is 1.45. The lowest BCUT2D eigenvalue weighted by atomic mass is 10.1. The molecule has 0 spiro atoms. The number of aliphatic hydroxyl groups is 1. The van der Waals surface area contributed by atoms with Gasteiger partial charge in [-0.05, 0) is 31.0 Å². The van der Waals surface area contributed by atoms with Crippen molar-refractivity contribution in [3.63, 3.8) is 0 Å². The maximum atomic E-state index is 11.8. The first-order valence-corrected chi connectivity index (χ1v) is 5.86. The fraction of sp³-hybridized carbons (Fsp3) is 0.462. The average Bonchev–Trinajstić information content (AvgIpc) is 3.16. The first-order valence-electron chi connectivity index (χ1n) is 5.86. The lowest BCUT2D eigenvalue weighted by molar-refractivity contribution is 0.0934. The van der Waals surface area contributed by atoms with E-state index >= 15 is 0 Å². The summed E-state index contributed by atoms with van der Waals surface area (Å²) in [5.41, 5.74) is 0.256. The van der Waals surface area contributed by atoms with Gasteiger partial charge in [0.05, 0.1) is 13.7 Å². The first kappa shape index (κ1) is 12.7. The Hall–Kier alpha value is -1.75. The van der Waals surface area contributed by atoms with E-state index in [0.717, 1.165) is 12.8 Å². The Balaban J connectivity index is 1.98. The van der Waals surface area contributed by atoms with E-state index in [-0.39, 0.29) is 23.7 Å². The Morgan fingerprint density at radius 2 is 2.22 bits per heavy atom. The molecule has 0 aliphatic heterocycles. The molecular formula is C13H17NO4. The third-order valence-corrected chi connectivity index (χ3v) is 3.36. The van der Waals surface area contributed by atoms with E-state index in [1.54, 1.807) is 12.1 Å². The van der Waals surface area contributed by atoms with Crippen molar-refractivity contribution >= 4 is 5.91 Å². The van der Waals surface area contributed by atoms with E-state index in [1.165, 1.54) is 13.2 Å². The predicted molar refractivity (Wildman–Crippen MR) is 65.7 cm³/mol. The van der Waals surface area contributed by atoms with Gasteiger partial charge in [0.15, 0.2) is 11.5 Å². The summed E-state index contributed by atoms with van der Waals surface area (Å²) in [6, 6.07) is 4.50. The number of benzene rings is 1. The summed E-state index contributed by atoms with van der Waals surface area (Å²) in [6.07, 6.45) is 1.88. The molecule has 1 fully saturated rings. The van der Waals surface area contributed by atoms with Gasteiger partial charge in [0.2, 0.25) is 0 Å². The van der Waals surface area contributed by atoms with E-state index in [2.05, 4.69) is 5.32 Å². The minimum absolute atomic E-state index is 0.0616. The Labute approximate surface area is 105 Å². The van der Waals surface area contributed by atoms with E-state index in [9.17, 15) is 9.90 Å². The highest BCUT2D eigenvalue weighted by molar-refractivity contribution is 5.94. The van der Waals surface area contributed by atoms with Crippen LogP contribution in [0, 0.1) is 5.41 Å². The quantitative estimate of drug-likeness (QED) is 0.726. The molecule has 5 nitrogen and oxygen atoms in total. The zero-order valence-electron chi connectivity index (χ0n) is 10.3. The largest absolute Gasteiger partial charge is 0.504 e. The number of aromatic hydroxyl groups is 1. The first-order chi connectivity index (χ1) is 8.60. The molecule has 0 heterocycles. The summed E-state index contributed by atoms with van der Waals surface area (Å²) in [4.78, 5) is 11.8. The van der Waals surface area contributed by atoms with E-state index in [0.29, 0.717) is 17.9 Å². The lowest BCUT2D eigenvalue weighted by Gasteiger charge is -2.13. The van der Waals surface area contributed by atoms with Gasteiger partial charge in [-0.1, -0.05) is 0 Å². The highest BCUT2D eigenvalue weighted by atomic mass is 16.5. The van der Waals surface area contributed by atoms with Gasteiger partial charge in [0, 0.05) is 17.5 Å². The highest BCUT2D eigenvalue weighted by Crippen LogP contribution is 2.44. The van der Waals surface area contributed by atoms with Gasteiger partial charge in [-0.15, -0.1) is 0 Å². The second-order valence-electron chi connectivity index (χ2n) is 4.73. The number of rotatable bonds is 5. The Morgan fingerprint density at radius 1 is 1.50 bits per heavy atom. The number of nitrogens with one attached hydrogen (secondary N) is 1. The minimum Gasteiger partial charge on any atom is -0.504 e. The second kappa shape index (κ2) is 4.86. The highest BCUT2D eigenvalue weighted by Gasteiger charge is 2.42. The molecule has 0 aromatic heterocycles. The van der Waals surface area contributed by atoms with Crippen molar-refractivity contribution in [3.05, 3.63) is 23.8 Å². The van der Waals surface area contributed by atoms with Crippen molar-refractivity contribution in [1.82, 2.24) is 5.32 Å². The number of amides is 1. The van der Waals surface area contributed by atoms with Crippen molar-refractivity contribution < 1.29 is 19.7 Å². The zero-order valence-corrected chi connectivity index (χ0v) is 10.3. The molecule has 5 heteroatoms. The van der Waals surface area contributed by atoms with Crippen LogP contribution in [0.25, 0.3) is 0 Å². The minimum atomic E-state index is -0.257. The monoisotopic (exact) mass is 251 g/mol. The number of phenolic OH excluding ortho intramolecular Hbond substituents is 1. The van der Waals surface area contributed by atoms with Crippen LogP contribution < -0.4 is 10.1 Å². The van der Waals surface area contributed by atoms with Crippen molar-refractivity contribution in [2.75, 3.05) is 20.3 Å². The molecule has 2 rings (SSSR count). The van der Waals surface area contributed by atoms with Gasteiger partial charge in [-0.3, -0.25) is 4.79 Å². The van der Waals surface area contributed by atoms with Crippen LogP contribution in [0.5, 0.6) is 11.5 Å². The molecule has 1 saturated carbocycles. The number of hydrogen-bond acceptors (Lipinski definition) is 4. The van der Waals surface area contributed by atoms with Crippen LogP contribution in [0.1, 0.15) is 23.2 Å². The maximum absolute atomic E-state index is 11.8. The molecule has 0 atom stereocenters. The lowest BCUT2D eigenvalue weighted by Crippen LogP contribution is -2.31. The normalized spacial score (nSPS) is 16.1. The number of ether oxygens (including phenoxy) is 1. The molecule has 18 heavy (non-hydrogen) atoms. The van der Waals surface area contributed by atoms with Crippen LogP contribution in [0.15, 0.2) is 18.2 Å². The standard InChI is InChI=1S/C13H17NO4/c1-18-11-3-2-9(6-10(11)16)12(17)14-7-13(8-15)4-5-13/h2-3,6,15-16H,4-5,7-8H2,1H3,(H,14,17). The number of hydrogen-bond donors (Lipinski definition) is 3. The topological polar surface area (TPSA) is 78.8 Å². The van der Waals surface area contributed by atoms with Crippen LogP contribution >= 0.6 is 0 Å². The van der Waals surface area contributed by atoms with Crippen LogP contribution in [0.3, 0.4) is 0 Å². The molecule has 1 amide bonds. The molecule has 98 valence electrons. The predicted octanol–water partition coefficient (Wildman–Crippen LogP) is 0.903. The van der Waals surface area contributed by atoms with Crippen molar-refractivity contribution in [1.29, 1.82) is 0 Å². The zero-order chi connectivity index (χ0) is 13.2. The Bertz CT molecular complexity index is 454. The van der Waals surface area contributed by atoms with Gasteiger partial charge in [-0.25, -0.2) is 0 Å². The molecular weight excluding hydrogens is 234 g/mol. The summed E-state index contributed by atoms with van der Waals surface area (Å²) in [5, 5.41) is 21.5. The van der Waals surface area contributed by atoms with Crippen LogP contribution in [0.2, 0.25) is 0 Å². The van der Waals surface area contributed by atoms with E-state index in [1.807, 2.05) is 0 Å². The van der Waals surface area contributed by atoms with E-state index < -0.39 is 0 Å². The molecule has 1 aliphatic carbocycles. The molecule has 3 N–H and O–H groups in total. The van der Waals surface area contributed by atoms with Gasteiger partial charge >= 0.3 is 0 Å². The smallest absolute Gasteiger partial charge is 0.251 e. The van der Waals surface area contributed by atoms with E-state index in [4.69, 9.17) is 9.84 Å². The summed E-state index contributed by atoms with van der Waals surface area (Å²) < 4.78 is 4.91. The molecule has 1 aliphatic rings.